The average Bonchev–Trinajstić information content (AvgIpc) is 3.09. The number of benzene rings is 1. The molecule has 2 aliphatic heterocycles. The van der Waals surface area contributed by atoms with Crippen molar-refractivity contribution in [2.75, 3.05) is 36.9 Å². The maximum absolute atomic E-state index is 12.0. The zero-order valence-corrected chi connectivity index (χ0v) is 15.3. The number of aliphatic imine (C=N–C) groups is 1. The molecule has 9 heteroatoms. The van der Waals surface area contributed by atoms with Crippen LogP contribution in [0, 0.1) is 0 Å². The van der Waals surface area contributed by atoms with E-state index in [1.54, 1.807) is 13.3 Å². The zero-order chi connectivity index (χ0) is 19.4. The number of hydrogen-bond acceptors (Lipinski definition) is 7. The van der Waals surface area contributed by atoms with Gasteiger partial charge in [0, 0.05) is 31.8 Å². The molecule has 2 heterocycles. The summed E-state index contributed by atoms with van der Waals surface area (Å²) in [6, 6.07) is 5.79. The molecule has 0 aromatic heterocycles. The van der Waals surface area contributed by atoms with Crippen molar-refractivity contribution < 1.29 is 24.3 Å². The highest BCUT2D eigenvalue weighted by Gasteiger charge is 2.36. The molecule has 0 fully saturated rings. The average molecular weight is 374 g/mol. The number of nitrogens with zero attached hydrogens (tertiary/aromatic N) is 1. The molecular weight excluding hydrogens is 350 g/mol. The van der Waals surface area contributed by atoms with Gasteiger partial charge in [0.2, 0.25) is 11.6 Å². The number of fused-ring (bicyclic) bond motifs is 3. The van der Waals surface area contributed by atoms with E-state index >= 15 is 0 Å². The first kappa shape index (κ1) is 18.9. The van der Waals surface area contributed by atoms with Crippen molar-refractivity contribution in [1.29, 1.82) is 0 Å². The first-order valence-electron chi connectivity index (χ1n) is 8.86. The predicted molar refractivity (Wildman–Crippen MR) is 101 cm³/mol. The highest BCUT2D eigenvalue weighted by Crippen LogP contribution is 2.27. The number of nitrogens with one attached hydrogen (secondary N) is 4. The van der Waals surface area contributed by atoms with Crippen LogP contribution in [0.3, 0.4) is 0 Å². The Labute approximate surface area is 157 Å². The quantitative estimate of drug-likeness (QED) is 0.405. The molecular formula is C18H24N5O4+. The lowest BCUT2D eigenvalue weighted by Crippen LogP contribution is -3.04. The van der Waals surface area contributed by atoms with Gasteiger partial charge in [-0.2, -0.15) is 4.99 Å². The summed E-state index contributed by atoms with van der Waals surface area (Å²) in [6.07, 6.45) is 1.02. The molecule has 0 radical (unpaired) electrons. The van der Waals surface area contributed by atoms with Crippen LogP contribution in [0.4, 0.5) is 17.1 Å². The summed E-state index contributed by atoms with van der Waals surface area (Å²) in [6.45, 7) is 4.50. The number of rotatable bonds is 7. The van der Waals surface area contributed by atoms with E-state index < -0.39 is 12.1 Å². The summed E-state index contributed by atoms with van der Waals surface area (Å²) >= 11 is 0. The molecule has 1 aromatic rings. The minimum absolute atomic E-state index is 0.173. The second-order valence-corrected chi connectivity index (χ2v) is 6.31. The fraction of sp³-hybridized carbons (Fsp3) is 0.389. The second-order valence-electron chi connectivity index (χ2n) is 6.31. The summed E-state index contributed by atoms with van der Waals surface area (Å²) in [5.74, 6) is -0.580. The number of aliphatic hydroxyl groups is 1. The summed E-state index contributed by atoms with van der Waals surface area (Å²) in [5.41, 5.74) is 3.92. The molecule has 2 aliphatic rings. The molecule has 1 unspecified atom stereocenters. The standard InChI is InChI=1S/C18H23N5O4/c1-3-27-18(26)17-16-9-21-14-6-12(4-5-15(14)23(16)10-22-17)20-8-13(25)7-19-11(2)24/h4-6,10,13,20-21,25H,3,7-9H2,1-2H3,(H,19,24)/p+1/t13-/m1/s1. The number of aliphatic hydroxyl groups excluding tert-OH is 1. The molecule has 9 nitrogen and oxygen atoms in total. The summed E-state index contributed by atoms with van der Waals surface area (Å²) in [7, 11) is 0. The highest BCUT2D eigenvalue weighted by molar-refractivity contribution is 5.92. The molecule has 0 saturated carbocycles. The minimum Gasteiger partial charge on any atom is -0.461 e. The number of ether oxygens (including phenoxy) is 1. The maximum atomic E-state index is 12.0. The normalized spacial score (nSPS) is 18.3. The summed E-state index contributed by atoms with van der Waals surface area (Å²) < 4.78 is 5.06. The van der Waals surface area contributed by atoms with Crippen LogP contribution in [0.5, 0.6) is 0 Å². The van der Waals surface area contributed by atoms with Gasteiger partial charge in [-0.05, 0) is 19.1 Å². The van der Waals surface area contributed by atoms with E-state index in [1.807, 2.05) is 18.2 Å². The molecule has 0 saturated heterocycles. The largest absolute Gasteiger partial charge is 0.461 e. The molecule has 5 N–H and O–H groups in total. The SMILES string of the molecule is CCOC(=O)C1=C2CNc3cc(NC[C@H](O)CNC(C)=O)ccc3[NH+]2C=N1. The molecule has 2 atom stereocenters. The third-order valence-corrected chi connectivity index (χ3v) is 4.30. The van der Waals surface area contributed by atoms with E-state index in [0.29, 0.717) is 25.4 Å². The van der Waals surface area contributed by atoms with Crippen LogP contribution in [0.2, 0.25) is 0 Å². The Kier molecular flexibility index (Phi) is 5.72. The van der Waals surface area contributed by atoms with Gasteiger partial charge < -0.3 is 25.8 Å². The summed E-state index contributed by atoms with van der Waals surface area (Å²) in [4.78, 5) is 28.0. The van der Waals surface area contributed by atoms with Crippen LogP contribution in [-0.4, -0.2) is 55.7 Å². The highest BCUT2D eigenvalue weighted by atomic mass is 16.5. The minimum atomic E-state index is -0.684. The van der Waals surface area contributed by atoms with Crippen molar-refractivity contribution in [3.8, 4) is 0 Å². The van der Waals surface area contributed by atoms with Crippen molar-refractivity contribution in [3.05, 3.63) is 29.6 Å². The Balaban J connectivity index is 1.67. The topological polar surface area (TPSA) is 116 Å². The van der Waals surface area contributed by atoms with Crippen LogP contribution in [0.25, 0.3) is 0 Å². The Morgan fingerprint density at radius 2 is 2.22 bits per heavy atom. The Hall–Kier alpha value is -2.91. The molecule has 1 amide bonds. The smallest absolute Gasteiger partial charge is 0.363 e. The van der Waals surface area contributed by atoms with Crippen molar-refractivity contribution in [3.63, 3.8) is 0 Å². The Bertz CT molecular complexity index is 805. The van der Waals surface area contributed by atoms with Crippen LogP contribution >= 0.6 is 0 Å². The van der Waals surface area contributed by atoms with Gasteiger partial charge >= 0.3 is 5.97 Å². The van der Waals surface area contributed by atoms with Crippen molar-refractivity contribution in [1.82, 2.24) is 5.32 Å². The van der Waals surface area contributed by atoms with Gasteiger partial charge in [-0.25, -0.2) is 9.69 Å². The first-order chi connectivity index (χ1) is 13.0. The summed E-state index contributed by atoms with van der Waals surface area (Å²) in [5, 5.41) is 18.9. The lowest BCUT2D eigenvalue weighted by atomic mass is 10.1. The lowest BCUT2D eigenvalue weighted by Gasteiger charge is -2.24. The second kappa shape index (κ2) is 8.19. The lowest BCUT2D eigenvalue weighted by molar-refractivity contribution is -0.674. The van der Waals surface area contributed by atoms with Gasteiger partial charge in [-0.3, -0.25) is 4.79 Å². The third kappa shape index (κ3) is 4.26. The van der Waals surface area contributed by atoms with Crippen LogP contribution in [0.1, 0.15) is 13.8 Å². The van der Waals surface area contributed by atoms with E-state index in [4.69, 9.17) is 4.74 Å². The van der Waals surface area contributed by atoms with Gasteiger partial charge in [-0.15, -0.1) is 0 Å². The molecule has 0 bridgehead atoms. The van der Waals surface area contributed by atoms with Crippen LogP contribution in [0.15, 0.2) is 34.6 Å². The van der Waals surface area contributed by atoms with E-state index in [2.05, 4.69) is 20.9 Å². The fourth-order valence-electron chi connectivity index (χ4n) is 2.99. The van der Waals surface area contributed by atoms with Crippen molar-refractivity contribution in [2.45, 2.75) is 20.0 Å². The molecule has 3 rings (SSSR count). The maximum Gasteiger partial charge on any atom is 0.363 e. The first-order valence-corrected chi connectivity index (χ1v) is 8.86. The zero-order valence-electron chi connectivity index (χ0n) is 15.3. The predicted octanol–water partition coefficient (Wildman–Crippen LogP) is -0.646. The Morgan fingerprint density at radius 3 is 2.96 bits per heavy atom. The van der Waals surface area contributed by atoms with Crippen LogP contribution < -0.4 is 20.9 Å². The number of hydrogen-bond donors (Lipinski definition) is 5. The van der Waals surface area contributed by atoms with Gasteiger partial charge in [0.25, 0.3) is 0 Å². The number of anilines is 2. The number of carbonyl (C=O) groups excluding carboxylic acids is 2. The van der Waals surface area contributed by atoms with E-state index in [0.717, 1.165) is 27.7 Å². The third-order valence-electron chi connectivity index (χ3n) is 4.30. The molecule has 27 heavy (non-hydrogen) atoms. The number of carbonyl (C=O) groups is 2. The van der Waals surface area contributed by atoms with Gasteiger partial charge in [0.05, 0.1) is 24.9 Å². The molecule has 1 aromatic carbocycles. The van der Waals surface area contributed by atoms with E-state index in [-0.39, 0.29) is 12.5 Å². The van der Waals surface area contributed by atoms with Crippen LogP contribution in [-0.2, 0) is 14.3 Å². The Morgan fingerprint density at radius 1 is 1.41 bits per heavy atom. The number of quaternary nitrogens is 1. The number of amides is 1. The fourth-order valence-corrected chi connectivity index (χ4v) is 2.99. The van der Waals surface area contributed by atoms with E-state index in [9.17, 15) is 14.7 Å². The monoisotopic (exact) mass is 374 g/mol. The van der Waals surface area contributed by atoms with Crippen molar-refractivity contribution in [2.24, 2.45) is 4.99 Å². The molecule has 144 valence electrons. The van der Waals surface area contributed by atoms with E-state index in [1.165, 1.54) is 6.92 Å². The van der Waals surface area contributed by atoms with Gasteiger partial charge in [0.1, 0.15) is 0 Å². The molecule has 0 aliphatic carbocycles. The van der Waals surface area contributed by atoms with Crippen molar-refractivity contribution >= 4 is 35.3 Å². The molecule has 0 spiro atoms. The van der Waals surface area contributed by atoms with Gasteiger partial charge in [0.15, 0.2) is 17.7 Å². The van der Waals surface area contributed by atoms with Gasteiger partial charge in [-0.1, -0.05) is 0 Å². The number of esters is 1.